The van der Waals surface area contributed by atoms with Crippen LogP contribution in [0.2, 0.25) is 5.02 Å². The number of aromatic nitrogens is 3. The van der Waals surface area contributed by atoms with Crippen molar-refractivity contribution in [2.75, 3.05) is 10.4 Å². The molecule has 2 aromatic heterocycles. The van der Waals surface area contributed by atoms with E-state index in [4.69, 9.17) is 17.0 Å². The molecule has 0 bridgehead atoms. The van der Waals surface area contributed by atoms with E-state index < -0.39 is 5.82 Å². The van der Waals surface area contributed by atoms with E-state index in [9.17, 15) is 9.60 Å². The first-order valence-corrected chi connectivity index (χ1v) is 8.55. The number of imidazole rings is 1. The minimum absolute atomic E-state index is 0.136. The van der Waals surface area contributed by atoms with Crippen LogP contribution in [0, 0.1) is 11.2 Å². The van der Waals surface area contributed by atoms with Crippen LogP contribution >= 0.6 is 11.6 Å². The normalized spacial score (nSPS) is 14.3. The molecule has 3 aromatic rings. The summed E-state index contributed by atoms with van der Waals surface area (Å²) in [5, 5.41) is 22.5. The van der Waals surface area contributed by atoms with Gasteiger partial charge in [-0.15, -0.1) is 0 Å². The van der Waals surface area contributed by atoms with Crippen LogP contribution in [0.25, 0.3) is 11.2 Å². The summed E-state index contributed by atoms with van der Waals surface area (Å²) in [7, 11) is 0. The molecule has 1 saturated carbocycles. The summed E-state index contributed by atoms with van der Waals surface area (Å²) in [5.74, 6) is -0.215. The number of halogens is 2. The third kappa shape index (κ3) is 2.97. The Balaban J connectivity index is 1.65. The third-order valence-corrected chi connectivity index (χ3v) is 4.74. The molecule has 9 heteroatoms. The van der Waals surface area contributed by atoms with Gasteiger partial charge in [-0.3, -0.25) is 10.6 Å². The Morgan fingerprint density at radius 3 is 2.88 bits per heavy atom. The van der Waals surface area contributed by atoms with Crippen molar-refractivity contribution in [2.45, 2.75) is 25.3 Å². The number of H-pyrrole nitrogens is 1. The van der Waals surface area contributed by atoms with Crippen LogP contribution in [0.4, 0.5) is 16.0 Å². The van der Waals surface area contributed by atoms with Gasteiger partial charge < -0.3 is 10.3 Å². The molecule has 2 heterocycles. The Morgan fingerprint density at radius 2 is 2.19 bits per heavy atom. The second kappa shape index (κ2) is 6.54. The van der Waals surface area contributed by atoms with Gasteiger partial charge in [0, 0.05) is 17.8 Å². The average molecular weight is 375 g/mol. The van der Waals surface area contributed by atoms with Crippen LogP contribution in [0.3, 0.4) is 0 Å². The SMILES string of the molecule is N=C(c1ccnc2nc(NC3CCC3)[nH]c12)N(O)c1ccc(F)c(Cl)c1. The first-order chi connectivity index (χ1) is 12.5. The number of hydrogen-bond donors (Lipinski definition) is 4. The highest BCUT2D eigenvalue weighted by molar-refractivity contribution is 6.31. The summed E-state index contributed by atoms with van der Waals surface area (Å²) in [4.78, 5) is 11.7. The molecule has 1 fully saturated rings. The number of anilines is 2. The number of fused-ring (bicyclic) bond motifs is 1. The Morgan fingerprint density at radius 1 is 1.38 bits per heavy atom. The molecule has 0 spiro atoms. The molecule has 1 aliphatic carbocycles. The van der Waals surface area contributed by atoms with E-state index >= 15 is 0 Å². The number of benzene rings is 1. The molecule has 1 aromatic carbocycles. The van der Waals surface area contributed by atoms with Crippen LogP contribution in [-0.2, 0) is 0 Å². The van der Waals surface area contributed by atoms with E-state index in [1.807, 2.05) is 0 Å². The molecule has 1 aliphatic rings. The van der Waals surface area contributed by atoms with Crippen molar-refractivity contribution < 1.29 is 9.60 Å². The number of amidine groups is 1. The van der Waals surface area contributed by atoms with Crippen LogP contribution in [0.1, 0.15) is 24.8 Å². The quantitative estimate of drug-likeness (QED) is 0.315. The molecule has 0 atom stereocenters. The van der Waals surface area contributed by atoms with Crippen LogP contribution in [-0.4, -0.2) is 32.0 Å². The fourth-order valence-corrected chi connectivity index (χ4v) is 2.96. The van der Waals surface area contributed by atoms with Gasteiger partial charge >= 0.3 is 0 Å². The Kier molecular flexibility index (Phi) is 4.21. The molecule has 0 aliphatic heterocycles. The lowest BCUT2D eigenvalue weighted by atomic mass is 9.93. The van der Waals surface area contributed by atoms with Gasteiger partial charge in [-0.25, -0.2) is 14.4 Å². The number of aromatic amines is 1. The summed E-state index contributed by atoms with van der Waals surface area (Å²) >= 11 is 5.76. The van der Waals surface area contributed by atoms with Crippen molar-refractivity contribution in [3.8, 4) is 0 Å². The smallest absolute Gasteiger partial charge is 0.202 e. The zero-order chi connectivity index (χ0) is 18.3. The number of pyridine rings is 1. The molecule has 0 amide bonds. The van der Waals surface area contributed by atoms with Gasteiger partial charge in [0.25, 0.3) is 0 Å². The molecule has 0 unspecified atom stereocenters. The molecule has 7 nitrogen and oxygen atoms in total. The summed E-state index contributed by atoms with van der Waals surface area (Å²) in [6, 6.07) is 5.72. The van der Waals surface area contributed by atoms with Crippen LogP contribution in [0.15, 0.2) is 30.5 Å². The minimum atomic E-state index is -0.595. The monoisotopic (exact) mass is 374 g/mol. The maximum atomic E-state index is 13.3. The van der Waals surface area contributed by atoms with Gasteiger partial charge in [0.15, 0.2) is 11.5 Å². The van der Waals surface area contributed by atoms with E-state index in [-0.39, 0.29) is 16.5 Å². The van der Waals surface area contributed by atoms with Gasteiger partial charge in [-0.1, -0.05) is 11.6 Å². The summed E-state index contributed by atoms with van der Waals surface area (Å²) in [6.07, 6.45) is 4.92. The van der Waals surface area contributed by atoms with Gasteiger partial charge in [0.2, 0.25) is 5.95 Å². The largest absolute Gasteiger partial charge is 0.353 e. The van der Waals surface area contributed by atoms with E-state index in [0.717, 1.165) is 18.9 Å². The van der Waals surface area contributed by atoms with Crippen molar-refractivity contribution in [2.24, 2.45) is 0 Å². The number of rotatable bonds is 4. The highest BCUT2D eigenvalue weighted by atomic mass is 35.5. The molecule has 4 rings (SSSR count). The zero-order valence-electron chi connectivity index (χ0n) is 13.6. The molecule has 0 saturated heterocycles. The minimum Gasteiger partial charge on any atom is -0.353 e. The van der Waals surface area contributed by atoms with E-state index in [0.29, 0.717) is 33.8 Å². The first kappa shape index (κ1) is 16.7. The molecular weight excluding hydrogens is 359 g/mol. The topological polar surface area (TPSA) is 101 Å². The van der Waals surface area contributed by atoms with Crippen molar-refractivity contribution in [1.29, 1.82) is 5.41 Å². The Hall–Kier alpha value is -2.71. The number of hydroxylamine groups is 1. The standard InChI is InChI=1S/C17H16ClFN6O/c18-12-8-10(4-5-13(12)19)25(26)15(20)11-6-7-21-16-14(11)23-17(24-16)22-9-2-1-3-9/h4-9,20,26H,1-3H2,(H2,21,22,23,24). The molecule has 4 N–H and O–H groups in total. The fourth-order valence-electron chi connectivity index (χ4n) is 2.78. The molecule has 0 radical (unpaired) electrons. The van der Waals surface area contributed by atoms with Gasteiger partial charge in [0.1, 0.15) is 5.82 Å². The van der Waals surface area contributed by atoms with Crippen molar-refractivity contribution in [1.82, 2.24) is 15.0 Å². The lowest BCUT2D eigenvalue weighted by Crippen LogP contribution is -2.27. The van der Waals surface area contributed by atoms with Gasteiger partial charge in [-0.2, -0.15) is 4.98 Å². The number of nitrogens with one attached hydrogen (secondary N) is 3. The average Bonchev–Trinajstić information content (AvgIpc) is 3.02. The highest BCUT2D eigenvalue weighted by Gasteiger charge is 2.21. The summed E-state index contributed by atoms with van der Waals surface area (Å²) in [5.41, 5.74) is 1.57. The lowest BCUT2D eigenvalue weighted by molar-refractivity contribution is 0.312. The fraction of sp³-hybridized carbons (Fsp3) is 0.235. The van der Waals surface area contributed by atoms with Crippen molar-refractivity contribution in [3.05, 3.63) is 46.9 Å². The van der Waals surface area contributed by atoms with Gasteiger partial charge in [0.05, 0.1) is 16.2 Å². The van der Waals surface area contributed by atoms with Crippen molar-refractivity contribution >= 4 is 40.2 Å². The first-order valence-electron chi connectivity index (χ1n) is 8.17. The molecular formula is C17H16ClFN6O. The summed E-state index contributed by atoms with van der Waals surface area (Å²) < 4.78 is 13.3. The Bertz CT molecular complexity index is 987. The predicted molar refractivity (Wildman–Crippen MR) is 97.7 cm³/mol. The van der Waals surface area contributed by atoms with E-state index in [2.05, 4.69) is 20.3 Å². The maximum absolute atomic E-state index is 13.3. The predicted octanol–water partition coefficient (Wildman–Crippen LogP) is 3.94. The number of nitrogens with zero attached hydrogens (tertiary/aromatic N) is 3. The molecule has 26 heavy (non-hydrogen) atoms. The maximum Gasteiger partial charge on any atom is 0.202 e. The van der Waals surface area contributed by atoms with Crippen molar-refractivity contribution in [3.63, 3.8) is 0 Å². The van der Waals surface area contributed by atoms with Crippen LogP contribution < -0.4 is 10.4 Å². The second-order valence-corrected chi connectivity index (χ2v) is 6.58. The highest BCUT2D eigenvalue weighted by Crippen LogP contribution is 2.26. The molecule has 134 valence electrons. The van der Waals surface area contributed by atoms with Crippen LogP contribution in [0.5, 0.6) is 0 Å². The lowest BCUT2D eigenvalue weighted by Gasteiger charge is -2.25. The number of hydrogen-bond acceptors (Lipinski definition) is 5. The second-order valence-electron chi connectivity index (χ2n) is 6.17. The van der Waals surface area contributed by atoms with Gasteiger partial charge in [-0.05, 0) is 43.5 Å². The Labute approximate surface area is 153 Å². The summed E-state index contributed by atoms with van der Waals surface area (Å²) in [6.45, 7) is 0. The van der Waals surface area contributed by atoms with E-state index in [1.54, 1.807) is 6.07 Å². The third-order valence-electron chi connectivity index (χ3n) is 4.45. The zero-order valence-corrected chi connectivity index (χ0v) is 14.4. The van der Waals surface area contributed by atoms with E-state index in [1.165, 1.54) is 24.8 Å².